The molecule has 1 aromatic carbocycles. The van der Waals surface area contributed by atoms with Crippen LogP contribution in [-0.2, 0) is 10.1 Å². The van der Waals surface area contributed by atoms with Crippen molar-refractivity contribution in [2.24, 2.45) is 0 Å². The van der Waals surface area contributed by atoms with Gasteiger partial charge >= 0.3 is 5.97 Å². The summed E-state index contributed by atoms with van der Waals surface area (Å²) in [5.74, 6) is -0.362. The first-order valence-corrected chi connectivity index (χ1v) is 5.89. The van der Waals surface area contributed by atoms with Crippen molar-refractivity contribution in [2.45, 2.75) is 5.33 Å². The van der Waals surface area contributed by atoms with E-state index >= 15 is 0 Å². The minimum Gasteiger partial charge on any atom is -0.465 e. The topological polar surface area (TPSA) is 39.2 Å². The van der Waals surface area contributed by atoms with E-state index in [0.29, 0.717) is 5.56 Å². The highest BCUT2D eigenvalue weighted by Crippen LogP contribution is 2.17. The van der Waals surface area contributed by atoms with Crippen molar-refractivity contribution in [3.63, 3.8) is 0 Å². The fraction of sp³-hybridized carbons (Fsp3) is 0.167. The quantitative estimate of drug-likeness (QED) is 0.627. The highest BCUT2D eigenvalue weighted by molar-refractivity contribution is 9.08. The van der Waals surface area contributed by atoms with Gasteiger partial charge in [-0.1, -0.05) is 22.0 Å². The van der Waals surface area contributed by atoms with Gasteiger partial charge in [0.2, 0.25) is 0 Å². The molecule has 0 aliphatic heterocycles. The normalized spacial score (nSPS) is 10.4. The Labute approximate surface area is 102 Å². The Morgan fingerprint density at radius 2 is 2.25 bits per heavy atom. The predicted molar refractivity (Wildman–Crippen MR) is 65.7 cm³/mol. The molecule has 4 heteroatoms. The van der Waals surface area contributed by atoms with E-state index in [-0.39, 0.29) is 5.97 Å². The molecular formula is C12H10BrNO2. The van der Waals surface area contributed by atoms with Crippen molar-refractivity contribution in [3.05, 3.63) is 41.6 Å². The van der Waals surface area contributed by atoms with Gasteiger partial charge in [0.25, 0.3) is 0 Å². The summed E-state index contributed by atoms with van der Waals surface area (Å²) in [7, 11) is 1.36. The SMILES string of the molecule is COC(=O)c1cnc2ccc(CBr)cc2c1. The molecular weight excluding hydrogens is 270 g/mol. The van der Waals surface area contributed by atoms with Crippen LogP contribution in [0, 0.1) is 0 Å². The van der Waals surface area contributed by atoms with E-state index in [4.69, 9.17) is 0 Å². The Morgan fingerprint density at radius 1 is 1.44 bits per heavy atom. The molecule has 0 aliphatic rings. The molecule has 0 bridgehead atoms. The zero-order chi connectivity index (χ0) is 11.5. The highest BCUT2D eigenvalue weighted by atomic mass is 79.9. The lowest BCUT2D eigenvalue weighted by Gasteiger charge is -2.02. The lowest BCUT2D eigenvalue weighted by molar-refractivity contribution is 0.0600. The van der Waals surface area contributed by atoms with Crippen LogP contribution in [0.4, 0.5) is 0 Å². The Hall–Kier alpha value is -1.42. The third-order valence-electron chi connectivity index (χ3n) is 2.32. The molecule has 0 N–H and O–H groups in total. The molecule has 0 radical (unpaired) electrons. The summed E-state index contributed by atoms with van der Waals surface area (Å²) >= 11 is 3.39. The van der Waals surface area contributed by atoms with Crippen LogP contribution in [0.3, 0.4) is 0 Å². The number of pyridine rings is 1. The second-order valence-corrected chi connectivity index (χ2v) is 3.94. The van der Waals surface area contributed by atoms with Gasteiger partial charge in [0.05, 0.1) is 18.2 Å². The number of rotatable bonds is 2. The fourth-order valence-electron chi connectivity index (χ4n) is 1.49. The van der Waals surface area contributed by atoms with Crippen molar-refractivity contribution in [1.82, 2.24) is 4.98 Å². The van der Waals surface area contributed by atoms with Gasteiger partial charge in [-0.15, -0.1) is 0 Å². The van der Waals surface area contributed by atoms with E-state index in [2.05, 4.69) is 25.7 Å². The Kier molecular flexibility index (Phi) is 3.19. The number of carbonyl (C=O) groups excluding carboxylic acids is 1. The molecule has 0 fully saturated rings. The Balaban J connectivity index is 2.54. The summed E-state index contributed by atoms with van der Waals surface area (Å²) in [6.07, 6.45) is 1.53. The van der Waals surface area contributed by atoms with Gasteiger partial charge in [0.1, 0.15) is 0 Å². The van der Waals surface area contributed by atoms with Crippen LogP contribution in [0.5, 0.6) is 0 Å². The number of ether oxygens (including phenoxy) is 1. The number of benzene rings is 1. The Morgan fingerprint density at radius 3 is 2.94 bits per heavy atom. The van der Waals surface area contributed by atoms with Gasteiger partial charge in [0, 0.05) is 16.9 Å². The summed E-state index contributed by atoms with van der Waals surface area (Å²) in [6.45, 7) is 0. The monoisotopic (exact) mass is 279 g/mol. The van der Waals surface area contributed by atoms with Gasteiger partial charge in [0.15, 0.2) is 0 Å². The summed E-state index contributed by atoms with van der Waals surface area (Å²) in [6, 6.07) is 7.73. The zero-order valence-corrected chi connectivity index (χ0v) is 10.3. The largest absolute Gasteiger partial charge is 0.465 e. The lowest BCUT2D eigenvalue weighted by Crippen LogP contribution is -2.01. The minimum absolute atomic E-state index is 0.362. The smallest absolute Gasteiger partial charge is 0.339 e. The molecule has 0 saturated heterocycles. The molecule has 1 aromatic heterocycles. The number of esters is 1. The standard InChI is InChI=1S/C12H10BrNO2/c1-16-12(15)10-5-9-4-8(6-13)2-3-11(9)14-7-10/h2-5,7H,6H2,1H3. The van der Waals surface area contributed by atoms with Gasteiger partial charge in [-0.3, -0.25) is 4.98 Å². The molecule has 2 rings (SSSR count). The number of fused-ring (bicyclic) bond motifs is 1. The maximum Gasteiger partial charge on any atom is 0.339 e. The Bertz CT molecular complexity index is 540. The van der Waals surface area contributed by atoms with Crippen molar-refractivity contribution < 1.29 is 9.53 Å². The van der Waals surface area contributed by atoms with Gasteiger partial charge in [-0.2, -0.15) is 0 Å². The van der Waals surface area contributed by atoms with E-state index in [1.54, 1.807) is 6.07 Å². The summed E-state index contributed by atoms with van der Waals surface area (Å²) < 4.78 is 4.65. The van der Waals surface area contributed by atoms with E-state index in [1.165, 1.54) is 13.3 Å². The van der Waals surface area contributed by atoms with Crippen molar-refractivity contribution in [3.8, 4) is 0 Å². The number of aromatic nitrogens is 1. The molecule has 0 saturated carbocycles. The van der Waals surface area contributed by atoms with Crippen LogP contribution in [0.15, 0.2) is 30.5 Å². The van der Waals surface area contributed by atoms with Crippen molar-refractivity contribution in [2.75, 3.05) is 7.11 Å². The maximum atomic E-state index is 11.3. The predicted octanol–water partition coefficient (Wildman–Crippen LogP) is 2.92. The van der Waals surface area contributed by atoms with Crippen molar-refractivity contribution >= 4 is 32.8 Å². The maximum absolute atomic E-state index is 11.3. The average molecular weight is 280 g/mol. The van der Waals surface area contributed by atoms with Gasteiger partial charge in [-0.05, 0) is 23.8 Å². The summed E-state index contributed by atoms with van der Waals surface area (Å²) in [4.78, 5) is 15.5. The summed E-state index contributed by atoms with van der Waals surface area (Å²) in [5, 5.41) is 1.73. The molecule has 1 heterocycles. The van der Waals surface area contributed by atoms with Crippen LogP contribution in [0.1, 0.15) is 15.9 Å². The number of hydrogen-bond donors (Lipinski definition) is 0. The average Bonchev–Trinajstić information content (AvgIpc) is 2.36. The van der Waals surface area contributed by atoms with Crippen molar-refractivity contribution in [1.29, 1.82) is 0 Å². The third kappa shape index (κ3) is 2.07. The van der Waals surface area contributed by atoms with E-state index in [0.717, 1.165) is 21.8 Å². The molecule has 2 aromatic rings. The molecule has 0 aliphatic carbocycles. The first-order chi connectivity index (χ1) is 7.74. The number of halogens is 1. The van der Waals surface area contributed by atoms with Crippen LogP contribution in [0.2, 0.25) is 0 Å². The second-order valence-electron chi connectivity index (χ2n) is 3.38. The number of carbonyl (C=O) groups is 1. The van der Waals surface area contributed by atoms with E-state index < -0.39 is 0 Å². The molecule has 0 amide bonds. The molecule has 3 nitrogen and oxygen atoms in total. The minimum atomic E-state index is -0.362. The molecule has 16 heavy (non-hydrogen) atoms. The highest BCUT2D eigenvalue weighted by Gasteiger charge is 2.06. The first kappa shape index (κ1) is 11.1. The molecule has 0 unspecified atom stereocenters. The number of hydrogen-bond acceptors (Lipinski definition) is 3. The lowest BCUT2D eigenvalue weighted by atomic mass is 10.1. The fourth-order valence-corrected chi connectivity index (χ4v) is 1.84. The van der Waals surface area contributed by atoms with E-state index in [1.807, 2.05) is 18.2 Å². The van der Waals surface area contributed by atoms with Crippen LogP contribution < -0.4 is 0 Å². The van der Waals surface area contributed by atoms with Gasteiger partial charge < -0.3 is 4.74 Å². The molecule has 0 spiro atoms. The van der Waals surface area contributed by atoms with Crippen LogP contribution >= 0.6 is 15.9 Å². The number of alkyl halides is 1. The zero-order valence-electron chi connectivity index (χ0n) is 8.74. The van der Waals surface area contributed by atoms with Crippen LogP contribution in [0.25, 0.3) is 10.9 Å². The number of methoxy groups -OCH3 is 1. The second kappa shape index (κ2) is 4.61. The molecule has 0 atom stereocenters. The summed E-state index contributed by atoms with van der Waals surface area (Å²) in [5.41, 5.74) is 2.50. The van der Waals surface area contributed by atoms with Crippen LogP contribution in [-0.4, -0.2) is 18.1 Å². The third-order valence-corrected chi connectivity index (χ3v) is 2.97. The molecule has 82 valence electrons. The van der Waals surface area contributed by atoms with Gasteiger partial charge in [-0.25, -0.2) is 4.79 Å². The number of nitrogens with zero attached hydrogens (tertiary/aromatic N) is 1. The van der Waals surface area contributed by atoms with E-state index in [9.17, 15) is 4.79 Å². The first-order valence-electron chi connectivity index (χ1n) is 4.77.